The predicted molar refractivity (Wildman–Crippen MR) is 96.4 cm³/mol. The average Bonchev–Trinajstić information content (AvgIpc) is 3.31. The van der Waals surface area contributed by atoms with Gasteiger partial charge in [-0.1, -0.05) is 37.3 Å². The molecule has 26 heavy (non-hydrogen) atoms. The number of carbonyl (C=O) groups is 1. The van der Waals surface area contributed by atoms with Crippen molar-refractivity contribution >= 4 is 5.97 Å². The lowest BCUT2D eigenvalue weighted by atomic mass is 9.71. The van der Waals surface area contributed by atoms with Crippen LogP contribution in [0.15, 0.2) is 30.3 Å². The van der Waals surface area contributed by atoms with Crippen LogP contribution < -0.4 is 0 Å². The Morgan fingerprint density at radius 2 is 2.04 bits per heavy atom. The molecule has 1 aromatic carbocycles. The number of ether oxygens (including phenoxy) is 1. The number of nitro groups is 1. The minimum absolute atomic E-state index is 0.0215. The summed E-state index contributed by atoms with van der Waals surface area (Å²) in [6.45, 7) is 2.80. The minimum Gasteiger partial charge on any atom is -0.468 e. The SMILES string of the molecule is COC(=O)[C@]12CCCN1[C@@H](C(C)c1ccccc1)[C@]1([N+](=O)[O-])CCC[C@@H]12. The lowest BCUT2D eigenvalue weighted by Gasteiger charge is -2.36. The number of benzene rings is 1. The molecule has 6 heteroatoms. The highest BCUT2D eigenvalue weighted by atomic mass is 16.6. The van der Waals surface area contributed by atoms with E-state index in [1.807, 2.05) is 30.3 Å². The Balaban J connectivity index is 1.88. The predicted octanol–water partition coefficient (Wildman–Crippen LogP) is 3.00. The smallest absolute Gasteiger partial charge is 0.326 e. The normalized spacial score (nSPS) is 37.2. The van der Waals surface area contributed by atoms with E-state index < -0.39 is 11.1 Å². The number of fused-ring (bicyclic) bond motifs is 3. The highest BCUT2D eigenvalue weighted by Crippen LogP contribution is 2.62. The van der Waals surface area contributed by atoms with Gasteiger partial charge in [0, 0.05) is 17.3 Å². The Morgan fingerprint density at radius 3 is 2.69 bits per heavy atom. The molecule has 0 radical (unpaired) electrons. The van der Waals surface area contributed by atoms with Gasteiger partial charge in [-0.25, -0.2) is 0 Å². The first kappa shape index (κ1) is 17.5. The first-order chi connectivity index (χ1) is 12.5. The Bertz CT molecular complexity index is 724. The molecule has 0 spiro atoms. The molecule has 0 amide bonds. The monoisotopic (exact) mass is 358 g/mol. The van der Waals surface area contributed by atoms with Crippen LogP contribution in [0.5, 0.6) is 0 Å². The molecule has 3 aliphatic rings. The van der Waals surface area contributed by atoms with Crippen molar-refractivity contribution in [3.05, 3.63) is 46.0 Å². The number of carbonyl (C=O) groups excluding carboxylic acids is 1. The third-order valence-corrected chi connectivity index (χ3v) is 7.25. The van der Waals surface area contributed by atoms with Crippen molar-refractivity contribution in [2.75, 3.05) is 13.7 Å². The summed E-state index contributed by atoms with van der Waals surface area (Å²) in [5, 5.41) is 12.5. The summed E-state index contributed by atoms with van der Waals surface area (Å²) < 4.78 is 5.20. The van der Waals surface area contributed by atoms with Gasteiger partial charge >= 0.3 is 5.97 Å². The molecule has 2 heterocycles. The lowest BCUT2D eigenvalue weighted by Crippen LogP contribution is -2.53. The number of nitrogens with zero attached hydrogens (tertiary/aromatic N) is 2. The maximum Gasteiger partial charge on any atom is 0.326 e. The standard InChI is InChI=1S/C20H26N2O4/c1-14(15-8-4-3-5-9-15)17-19(22(24)25)11-6-10-16(19)20(18(23)26-2)12-7-13-21(17)20/h3-5,8-9,14,16-17H,6-7,10-13H2,1-2H3/t14?,16-,17-,19-,20+/m0/s1. The van der Waals surface area contributed by atoms with Crippen LogP contribution in [-0.4, -0.2) is 46.6 Å². The van der Waals surface area contributed by atoms with Gasteiger partial charge in [-0.3, -0.25) is 19.8 Å². The maximum atomic E-state index is 12.9. The summed E-state index contributed by atoms with van der Waals surface area (Å²) in [5.74, 6) is -0.571. The number of hydrogen-bond acceptors (Lipinski definition) is 5. The van der Waals surface area contributed by atoms with E-state index in [0.717, 1.165) is 31.4 Å². The first-order valence-corrected chi connectivity index (χ1v) is 9.54. The van der Waals surface area contributed by atoms with Crippen molar-refractivity contribution in [2.45, 2.75) is 62.1 Å². The van der Waals surface area contributed by atoms with Crippen LogP contribution in [0.1, 0.15) is 50.5 Å². The maximum absolute atomic E-state index is 12.9. The van der Waals surface area contributed by atoms with E-state index in [1.165, 1.54) is 7.11 Å². The zero-order chi connectivity index (χ0) is 18.5. The third-order valence-electron chi connectivity index (χ3n) is 7.25. The largest absolute Gasteiger partial charge is 0.468 e. The second kappa shape index (κ2) is 6.05. The van der Waals surface area contributed by atoms with Crippen LogP contribution in [0.3, 0.4) is 0 Å². The average molecular weight is 358 g/mol. The van der Waals surface area contributed by atoms with Gasteiger partial charge in [-0.2, -0.15) is 0 Å². The topological polar surface area (TPSA) is 72.7 Å². The Labute approximate surface area is 153 Å². The summed E-state index contributed by atoms with van der Waals surface area (Å²) in [4.78, 5) is 27.5. The van der Waals surface area contributed by atoms with Gasteiger partial charge < -0.3 is 4.74 Å². The van der Waals surface area contributed by atoms with Gasteiger partial charge in [-0.05, 0) is 37.8 Å². The van der Waals surface area contributed by atoms with E-state index >= 15 is 0 Å². The quantitative estimate of drug-likeness (QED) is 0.470. The minimum atomic E-state index is -1.07. The third kappa shape index (κ3) is 1.99. The zero-order valence-electron chi connectivity index (χ0n) is 15.4. The number of esters is 1. The van der Waals surface area contributed by atoms with Crippen LogP contribution in [0, 0.1) is 16.0 Å². The molecule has 1 unspecified atom stereocenters. The first-order valence-electron chi connectivity index (χ1n) is 9.54. The Morgan fingerprint density at radius 1 is 1.31 bits per heavy atom. The highest BCUT2D eigenvalue weighted by molar-refractivity contribution is 5.83. The van der Waals surface area contributed by atoms with Crippen LogP contribution in [-0.2, 0) is 9.53 Å². The van der Waals surface area contributed by atoms with Crippen LogP contribution >= 0.6 is 0 Å². The summed E-state index contributed by atoms with van der Waals surface area (Å²) in [6, 6.07) is 9.70. The van der Waals surface area contributed by atoms with Crippen LogP contribution in [0.2, 0.25) is 0 Å². The molecule has 4 rings (SSSR count). The zero-order valence-corrected chi connectivity index (χ0v) is 15.4. The molecule has 1 aliphatic carbocycles. The van der Waals surface area contributed by atoms with Crippen molar-refractivity contribution in [3.63, 3.8) is 0 Å². The van der Waals surface area contributed by atoms with E-state index in [2.05, 4.69) is 11.8 Å². The second-order valence-electron chi connectivity index (χ2n) is 8.05. The molecule has 3 fully saturated rings. The number of hydrogen-bond donors (Lipinski definition) is 0. The molecule has 5 atom stereocenters. The Hall–Kier alpha value is -1.95. The molecule has 0 aromatic heterocycles. The van der Waals surface area contributed by atoms with E-state index in [1.54, 1.807) is 0 Å². The molecule has 6 nitrogen and oxygen atoms in total. The molecule has 2 saturated heterocycles. The second-order valence-corrected chi connectivity index (χ2v) is 8.05. The van der Waals surface area contributed by atoms with E-state index in [4.69, 9.17) is 4.74 Å². The molecule has 140 valence electrons. The molecular weight excluding hydrogens is 332 g/mol. The fourth-order valence-corrected chi connectivity index (χ4v) is 6.42. The summed E-state index contributed by atoms with van der Waals surface area (Å²) in [6.07, 6.45) is 3.62. The van der Waals surface area contributed by atoms with Crippen LogP contribution in [0.25, 0.3) is 0 Å². The number of methoxy groups -OCH3 is 1. The van der Waals surface area contributed by atoms with Gasteiger partial charge in [0.2, 0.25) is 5.54 Å². The fraction of sp³-hybridized carbons (Fsp3) is 0.650. The van der Waals surface area contributed by atoms with Gasteiger partial charge in [0.15, 0.2) is 0 Å². The summed E-state index contributed by atoms with van der Waals surface area (Å²) in [5.41, 5.74) is -0.799. The van der Waals surface area contributed by atoms with Crippen molar-refractivity contribution in [1.29, 1.82) is 0 Å². The Kier molecular flexibility index (Phi) is 4.06. The number of rotatable bonds is 4. The van der Waals surface area contributed by atoms with Gasteiger partial charge in [-0.15, -0.1) is 0 Å². The van der Waals surface area contributed by atoms with Crippen molar-refractivity contribution in [3.8, 4) is 0 Å². The molecular formula is C20H26N2O4. The van der Waals surface area contributed by atoms with Crippen molar-refractivity contribution in [1.82, 2.24) is 4.90 Å². The van der Waals surface area contributed by atoms with Crippen molar-refractivity contribution < 1.29 is 14.5 Å². The summed E-state index contributed by atoms with van der Waals surface area (Å²) in [7, 11) is 1.41. The van der Waals surface area contributed by atoms with Crippen LogP contribution in [0.4, 0.5) is 0 Å². The molecule has 1 aromatic rings. The van der Waals surface area contributed by atoms with Gasteiger partial charge in [0.1, 0.15) is 5.54 Å². The molecule has 1 saturated carbocycles. The lowest BCUT2D eigenvalue weighted by molar-refractivity contribution is -0.579. The van der Waals surface area contributed by atoms with Gasteiger partial charge in [0.25, 0.3) is 0 Å². The van der Waals surface area contributed by atoms with Crippen molar-refractivity contribution in [2.24, 2.45) is 5.92 Å². The van der Waals surface area contributed by atoms with E-state index in [9.17, 15) is 14.9 Å². The van der Waals surface area contributed by atoms with E-state index in [0.29, 0.717) is 12.8 Å². The van der Waals surface area contributed by atoms with Gasteiger partial charge in [0.05, 0.1) is 19.1 Å². The molecule has 0 bridgehead atoms. The molecule has 2 aliphatic heterocycles. The molecule has 0 N–H and O–H groups in total. The van der Waals surface area contributed by atoms with E-state index in [-0.39, 0.29) is 28.8 Å². The highest BCUT2D eigenvalue weighted by Gasteiger charge is 2.79. The summed E-state index contributed by atoms with van der Waals surface area (Å²) >= 11 is 0. The fourth-order valence-electron chi connectivity index (χ4n) is 6.42.